The van der Waals surface area contributed by atoms with Crippen molar-refractivity contribution >= 4 is 37.3 Å². The molecule has 1 unspecified atom stereocenters. The fourth-order valence-electron chi connectivity index (χ4n) is 5.44. The van der Waals surface area contributed by atoms with Crippen LogP contribution in [0.1, 0.15) is 52.7 Å². The predicted molar refractivity (Wildman–Crippen MR) is 196 cm³/mol. The lowest BCUT2D eigenvalue weighted by atomic mass is 10.0. The number of ether oxygens (including phenoxy) is 7. The molecule has 0 N–H and O–H groups in total. The third-order valence-corrected chi connectivity index (χ3v) is 9.64. The van der Waals surface area contributed by atoms with E-state index >= 15 is 0 Å². The fraction of sp³-hybridized carbons (Fsp3) is 0.595. The third-order valence-electron chi connectivity index (χ3n) is 7.94. The molecule has 1 fully saturated rings. The first-order chi connectivity index (χ1) is 24.3. The first kappa shape index (κ1) is 40.6. The van der Waals surface area contributed by atoms with Crippen LogP contribution in [0.2, 0.25) is 25.7 Å². The zero-order valence-corrected chi connectivity index (χ0v) is 33.1. The SMILES string of the molecule is COc1ccc(C[C@@H]2C(OC(=O)COCc3ccc4nnn(COCC[Si](C)(C)C)c4c3)[C@@H](OC(=O)OC(C)(C)C)CN2C(=O)OC(C)(C)C)cc1. The summed E-state index contributed by atoms with van der Waals surface area (Å²) in [6, 6.07) is 13.2. The summed E-state index contributed by atoms with van der Waals surface area (Å²) in [6.45, 7) is 17.9. The molecule has 52 heavy (non-hydrogen) atoms. The summed E-state index contributed by atoms with van der Waals surface area (Å²) < 4.78 is 41.5. The molecule has 1 aliphatic rings. The number of fused-ring (bicyclic) bond motifs is 1. The Morgan fingerprint density at radius 2 is 1.56 bits per heavy atom. The number of carbonyl (C=O) groups is 3. The van der Waals surface area contributed by atoms with Crippen molar-refractivity contribution < 1.29 is 47.5 Å². The Labute approximate surface area is 307 Å². The van der Waals surface area contributed by atoms with Gasteiger partial charge in [-0.25, -0.2) is 19.1 Å². The van der Waals surface area contributed by atoms with Gasteiger partial charge in [0.15, 0.2) is 12.2 Å². The summed E-state index contributed by atoms with van der Waals surface area (Å²) in [5, 5.41) is 8.44. The first-order valence-electron chi connectivity index (χ1n) is 17.5. The van der Waals surface area contributed by atoms with Gasteiger partial charge in [0.2, 0.25) is 0 Å². The van der Waals surface area contributed by atoms with E-state index in [-0.39, 0.29) is 26.3 Å². The molecule has 1 saturated heterocycles. The van der Waals surface area contributed by atoms with Crippen molar-refractivity contribution in [2.45, 2.75) is 116 Å². The van der Waals surface area contributed by atoms with Gasteiger partial charge in [0.05, 0.1) is 31.8 Å². The number of benzene rings is 2. The van der Waals surface area contributed by atoms with Crippen LogP contribution < -0.4 is 4.74 Å². The maximum Gasteiger partial charge on any atom is 0.509 e. The van der Waals surface area contributed by atoms with Crippen molar-refractivity contribution in [1.29, 1.82) is 0 Å². The molecule has 15 heteroatoms. The number of hydrogen-bond acceptors (Lipinski definition) is 12. The smallest absolute Gasteiger partial charge is 0.497 e. The maximum atomic E-state index is 13.5. The molecule has 2 aromatic carbocycles. The standard InChI is InChI=1S/C37H54N4O10Si/c1-36(2,3)50-34(43)40-21-31(48-35(44)51-37(4,5)6)33(30(40)19-25-11-14-27(45-7)15-12-25)49-32(42)23-47-22-26-13-16-28-29(20-26)41(39-38-28)24-46-17-18-52(8,9)10/h11-16,20,30-31,33H,17-19,21-24H2,1-10H3/t30-,31+,33?/m1/s1. The number of aromatic nitrogens is 3. The Bertz CT molecular complexity index is 1660. The van der Waals surface area contributed by atoms with E-state index in [4.69, 9.17) is 33.2 Å². The Morgan fingerprint density at radius 3 is 2.19 bits per heavy atom. The highest BCUT2D eigenvalue weighted by Crippen LogP contribution is 2.30. The second-order valence-electron chi connectivity index (χ2n) is 16.1. The largest absolute Gasteiger partial charge is 0.509 e. The Morgan fingerprint density at radius 1 is 0.885 bits per heavy atom. The van der Waals surface area contributed by atoms with Crippen LogP contribution in [-0.4, -0.2) is 103 Å². The number of rotatable bonds is 14. The van der Waals surface area contributed by atoms with E-state index in [2.05, 4.69) is 30.0 Å². The number of methoxy groups -OCH3 is 1. The van der Waals surface area contributed by atoms with Crippen LogP contribution in [0, 0.1) is 0 Å². The molecule has 286 valence electrons. The summed E-state index contributed by atoms with van der Waals surface area (Å²) in [5.74, 6) is -0.0340. The maximum absolute atomic E-state index is 13.5. The number of amides is 1. The highest BCUT2D eigenvalue weighted by molar-refractivity contribution is 6.76. The van der Waals surface area contributed by atoms with Crippen molar-refractivity contribution in [3.8, 4) is 5.75 Å². The molecule has 4 rings (SSSR count). The normalized spacial score (nSPS) is 18.0. The Balaban J connectivity index is 1.48. The minimum atomic E-state index is -1.22. The van der Waals surface area contributed by atoms with Crippen LogP contribution in [0.3, 0.4) is 0 Å². The molecule has 2 heterocycles. The number of likely N-dealkylation sites (tertiary alicyclic amines) is 1. The number of esters is 1. The molecule has 0 radical (unpaired) electrons. The minimum Gasteiger partial charge on any atom is -0.497 e. The van der Waals surface area contributed by atoms with E-state index in [9.17, 15) is 14.4 Å². The lowest BCUT2D eigenvalue weighted by molar-refractivity contribution is -0.161. The molecular formula is C37H54N4O10Si. The molecule has 0 aliphatic carbocycles. The predicted octanol–water partition coefficient (Wildman–Crippen LogP) is 6.36. The summed E-state index contributed by atoms with van der Waals surface area (Å²) in [5.41, 5.74) is 1.50. The van der Waals surface area contributed by atoms with E-state index in [1.165, 1.54) is 4.90 Å². The highest BCUT2D eigenvalue weighted by Gasteiger charge is 2.50. The average Bonchev–Trinajstić information content (AvgIpc) is 3.58. The number of carbonyl (C=O) groups excluding carboxylic acids is 3. The van der Waals surface area contributed by atoms with Crippen LogP contribution in [0.15, 0.2) is 42.5 Å². The van der Waals surface area contributed by atoms with Gasteiger partial charge in [-0.15, -0.1) is 5.10 Å². The van der Waals surface area contributed by atoms with E-state index < -0.39 is 62.4 Å². The molecule has 1 aliphatic heterocycles. The van der Waals surface area contributed by atoms with Crippen LogP contribution in [0.4, 0.5) is 9.59 Å². The monoisotopic (exact) mass is 742 g/mol. The lowest BCUT2D eigenvalue weighted by Gasteiger charge is -2.30. The summed E-state index contributed by atoms with van der Waals surface area (Å²) >= 11 is 0. The van der Waals surface area contributed by atoms with Gasteiger partial charge in [-0.1, -0.05) is 43.1 Å². The quantitative estimate of drug-likeness (QED) is 0.0783. The zero-order chi connectivity index (χ0) is 38.3. The van der Waals surface area contributed by atoms with Crippen molar-refractivity contribution in [3.63, 3.8) is 0 Å². The summed E-state index contributed by atoms with van der Waals surface area (Å²) in [6.07, 6.45) is -3.42. The van der Waals surface area contributed by atoms with Gasteiger partial charge in [-0.3, -0.25) is 4.90 Å². The average molecular weight is 743 g/mol. The Kier molecular flexibility index (Phi) is 13.3. The van der Waals surface area contributed by atoms with Gasteiger partial charge in [-0.05, 0) is 89.4 Å². The minimum absolute atomic E-state index is 0.0859. The van der Waals surface area contributed by atoms with Crippen molar-refractivity contribution in [2.75, 3.05) is 26.9 Å². The zero-order valence-electron chi connectivity index (χ0n) is 32.1. The van der Waals surface area contributed by atoms with E-state index in [0.717, 1.165) is 22.7 Å². The van der Waals surface area contributed by atoms with Crippen molar-refractivity contribution in [2.24, 2.45) is 0 Å². The van der Waals surface area contributed by atoms with Gasteiger partial charge in [0, 0.05) is 14.7 Å². The lowest BCUT2D eigenvalue weighted by Crippen LogP contribution is -2.45. The molecule has 0 spiro atoms. The molecule has 14 nitrogen and oxygen atoms in total. The van der Waals surface area contributed by atoms with Crippen LogP contribution in [0.5, 0.6) is 5.75 Å². The molecule has 1 amide bonds. The number of hydrogen-bond donors (Lipinski definition) is 0. The van der Waals surface area contributed by atoms with E-state index in [0.29, 0.717) is 17.9 Å². The van der Waals surface area contributed by atoms with Gasteiger partial charge in [0.25, 0.3) is 0 Å². The summed E-state index contributed by atoms with van der Waals surface area (Å²) in [7, 11) is 0.352. The van der Waals surface area contributed by atoms with Crippen molar-refractivity contribution in [1.82, 2.24) is 19.9 Å². The van der Waals surface area contributed by atoms with Gasteiger partial charge in [-0.2, -0.15) is 0 Å². The molecule has 3 atom stereocenters. The molecule has 0 bridgehead atoms. The third kappa shape index (κ3) is 12.5. The molecule has 1 aromatic heterocycles. The van der Waals surface area contributed by atoms with Crippen molar-refractivity contribution in [3.05, 3.63) is 53.6 Å². The van der Waals surface area contributed by atoms with Gasteiger partial charge in [0.1, 0.15) is 35.8 Å². The fourth-order valence-corrected chi connectivity index (χ4v) is 6.19. The van der Waals surface area contributed by atoms with Crippen LogP contribution >= 0.6 is 0 Å². The second kappa shape index (κ2) is 17.1. The van der Waals surface area contributed by atoms with Gasteiger partial charge < -0.3 is 33.2 Å². The molecular weight excluding hydrogens is 689 g/mol. The molecule has 0 saturated carbocycles. The highest BCUT2D eigenvalue weighted by atomic mass is 28.3. The van der Waals surface area contributed by atoms with E-state index in [1.807, 2.05) is 30.3 Å². The second-order valence-corrected chi connectivity index (χ2v) is 21.7. The van der Waals surface area contributed by atoms with Crippen LogP contribution in [0.25, 0.3) is 11.0 Å². The number of nitrogens with zero attached hydrogens (tertiary/aromatic N) is 4. The first-order valence-corrected chi connectivity index (χ1v) is 21.2. The van der Waals surface area contributed by atoms with Crippen LogP contribution in [-0.2, 0) is 53.0 Å². The van der Waals surface area contributed by atoms with E-state index in [1.54, 1.807) is 65.5 Å². The topological polar surface area (TPSA) is 150 Å². The van der Waals surface area contributed by atoms with Gasteiger partial charge >= 0.3 is 18.2 Å². The molecule has 3 aromatic rings. The Hall–Kier alpha value is -4.21. The summed E-state index contributed by atoms with van der Waals surface area (Å²) in [4.78, 5) is 41.2.